The Balaban J connectivity index is 0.00000363. The van der Waals surface area contributed by atoms with Crippen LogP contribution in [0.1, 0.15) is 11.4 Å². The molecular weight excluding hydrogens is 536 g/mol. The number of aliphatic imine (C=N–C) groups is 1. The predicted octanol–water partition coefficient (Wildman–Crippen LogP) is 4.24. The molecule has 0 amide bonds. The smallest absolute Gasteiger partial charge is 0.422 e. The highest BCUT2D eigenvalue weighted by molar-refractivity contribution is 14.0. The molecule has 0 radical (unpaired) electrons. The quantitative estimate of drug-likeness (QED) is 0.257. The zero-order valence-corrected chi connectivity index (χ0v) is 19.9. The molecule has 0 aliphatic carbocycles. The first-order chi connectivity index (χ1) is 14.9. The second-order valence-electron chi connectivity index (χ2n) is 6.74. The maximum atomic E-state index is 12.5. The van der Waals surface area contributed by atoms with Crippen LogP contribution >= 0.6 is 24.0 Å². The van der Waals surface area contributed by atoms with Crippen molar-refractivity contribution < 1.29 is 17.9 Å². The summed E-state index contributed by atoms with van der Waals surface area (Å²) in [4.78, 5) is 17.7. The van der Waals surface area contributed by atoms with Crippen LogP contribution in [0.25, 0.3) is 11.3 Å². The van der Waals surface area contributed by atoms with Gasteiger partial charge in [-0.25, -0.2) is 9.97 Å². The number of nitrogens with one attached hydrogen (secondary N) is 2. The highest BCUT2D eigenvalue weighted by atomic mass is 127. The Morgan fingerprint density at radius 3 is 2.59 bits per heavy atom. The lowest BCUT2D eigenvalue weighted by atomic mass is 10.2. The minimum absolute atomic E-state index is 0. The molecule has 1 aromatic carbocycles. The van der Waals surface area contributed by atoms with Crippen LogP contribution in [0.3, 0.4) is 0 Å². The third-order valence-electron chi connectivity index (χ3n) is 4.33. The Morgan fingerprint density at radius 2 is 1.91 bits per heavy atom. The summed E-state index contributed by atoms with van der Waals surface area (Å²) in [6, 6.07) is 13.1. The van der Waals surface area contributed by atoms with E-state index in [1.165, 1.54) is 6.20 Å². The van der Waals surface area contributed by atoms with Crippen molar-refractivity contribution in [2.24, 2.45) is 4.99 Å². The lowest BCUT2D eigenvalue weighted by molar-refractivity contribution is -0.154. The molecule has 32 heavy (non-hydrogen) atoms. The summed E-state index contributed by atoms with van der Waals surface area (Å²) >= 11 is 0. The zero-order valence-electron chi connectivity index (χ0n) is 17.6. The number of H-pyrrole nitrogens is 1. The second kappa shape index (κ2) is 11.7. The van der Waals surface area contributed by atoms with E-state index in [2.05, 4.69) is 25.3 Å². The molecular formula is C21H24F3IN6O. The monoisotopic (exact) mass is 560 g/mol. The van der Waals surface area contributed by atoms with Gasteiger partial charge in [0.1, 0.15) is 5.82 Å². The topological polar surface area (TPSA) is 78.4 Å². The number of benzene rings is 1. The number of aromatic amines is 1. The van der Waals surface area contributed by atoms with E-state index in [9.17, 15) is 13.2 Å². The maximum absolute atomic E-state index is 12.5. The van der Waals surface area contributed by atoms with Crippen molar-refractivity contribution in [1.82, 2.24) is 25.2 Å². The molecule has 172 valence electrons. The SMILES string of the molecule is CN=C(NCc1cccnc1OCC(F)(F)F)N(C)Cc1ncc(-c2ccccc2)[nH]1.I. The first-order valence-corrected chi connectivity index (χ1v) is 9.50. The van der Waals surface area contributed by atoms with E-state index in [0.29, 0.717) is 18.1 Å². The fraction of sp³-hybridized carbons (Fsp3) is 0.286. The number of hydrogen-bond acceptors (Lipinski definition) is 4. The molecule has 0 unspecified atom stereocenters. The van der Waals surface area contributed by atoms with E-state index in [4.69, 9.17) is 4.74 Å². The average molecular weight is 560 g/mol. The molecule has 0 saturated heterocycles. The summed E-state index contributed by atoms with van der Waals surface area (Å²) in [5.74, 6) is 1.23. The van der Waals surface area contributed by atoms with E-state index in [-0.39, 0.29) is 36.4 Å². The molecule has 11 heteroatoms. The van der Waals surface area contributed by atoms with Crippen molar-refractivity contribution in [3.05, 3.63) is 66.2 Å². The van der Waals surface area contributed by atoms with Gasteiger partial charge in [-0.15, -0.1) is 24.0 Å². The van der Waals surface area contributed by atoms with Gasteiger partial charge in [0.2, 0.25) is 5.88 Å². The Hall–Kier alpha value is -2.83. The second-order valence-corrected chi connectivity index (χ2v) is 6.74. The van der Waals surface area contributed by atoms with E-state index in [1.807, 2.05) is 42.3 Å². The summed E-state index contributed by atoms with van der Waals surface area (Å²) in [7, 11) is 3.46. The van der Waals surface area contributed by atoms with Crippen molar-refractivity contribution in [1.29, 1.82) is 0 Å². The average Bonchev–Trinajstić information content (AvgIpc) is 3.22. The van der Waals surface area contributed by atoms with Crippen LogP contribution in [0.4, 0.5) is 13.2 Å². The molecule has 3 aromatic rings. The van der Waals surface area contributed by atoms with Crippen LogP contribution in [0.2, 0.25) is 0 Å². The van der Waals surface area contributed by atoms with Gasteiger partial charge in [0.05, 0.1) is 18.4 Å². The van der Waals surface area contributed by atoms with Gasteiger partial charge < -0.3 is 19.9 Å². The van der Waals surface area contributed by atoms with E-state index >= 15 is 0 Å². The minimum atomic E-state index is -4.43. The van der Waals surface area contributed by atoms with Crippen molar-refractivity contribution in [3.63, 3.8) is 0 Å². The van der Waals surface area contributed by atoms with Crippen molar-refractivity contribution in [3.8, 4) is 17.1 Å². The number of ether oxygens (including phenoxy) is 1. The third kappa shape index (κ3) is 7.39. The molecule has 2 heterocycles. The summed E-state index contributed by atoms with van der Waals surface area (Å²) in [6.07, 6.45) is -1.27. The van der Waals surface area contributed by atoms with Gasteiger partial charge in [0.15, 0.2) is 12.6 Å². The van der Waals surface area contributed by atoms with E-state index < -0.39 is 12.8 Å². The first kappa shape index (κ1) is 25.4. The number of hydrogen-bond donors (Lipinski definition) is 2. The van der Waals surface area contributed by atoms with Crippen LogP contribution in [0.15, 0.2) is 59.9 Å². The third-order valence-corrected chi connectivity index (χ3v) is 4.33. The lowest BCUT2D eigenvalue weighted by Crippen LogP contribution is -2.38. The molecule has 0 fully saturated rings. The molecule has 2 aromatic heterocycles. The minimum Gasteiger partial charge on any atom is -0.468 e. The summed E-state index contributed by atoms with van der Waals surface area (Å²) in [6.45, 7) is -0.740. The van der Waals surface area contributed by atoms with Crippen molar-refractivity contribution >= 4 is 29.9 Å². The summed E-state index contributed by atoms with van der Waals surface area (Å²) in [5, 5.41) is 3.11. The Bertz CT molecular complexity index is 1010. The van der Waals surface area contributed by atoms with Crippen LogP contribution in [-0.4, -0.2) is 52.7 Å². The van der Waals surface area contributed by atoms with Gasteiger partial charge in [-0.3, -0.25) is 4.99 Å². The highest BCUT2D eigenvalue weighted by Gasteiger charge is 2.29. The molecule has 0 aliphatic rings. The number of rotatable bonds is 7. The Morgan fingerprint density at radius 1 is 1.16 bits per heavy atom. The summed E-state index contributed by atoms with van der Waals surface area (Å²) < 4.78 is 42.2. The number of aromatic nitrogens is 3. The van der Waals surface area contributed by atoms with Gasteiger partial charge in [0, 0.05) is 32.4 Å². The van der Waals surface area contributed by atoms with Gasteiger partial charge >= 0.3 is 6.18 Å². The molecule has 0 atom stereocenters. The largest absolute Gasteiger partial charge is 0.468 e. The number of nitrogens with zero attached hydrogens (tertiary/aromatic N) is 4. The molecule has 3 rings (SSSR count). The number of imidazole rings is 1. The van der Waals surface area contributed by atoms with Crippen LogP contribution in [-0.2, 0) is 13.1 Å². The molecule has 7 nitrogen and oxygen atoms in total. The molecule has 0 spiro atoms. The lowest BCUT2D eigenvalue weighted by Gasteiger charge is -2.21. The standard InChI is InChI=1S/C21H23F3N6O.HI/c1-25-20(28-11-16-9-6-10-26-19(16)31-14-21(22,23)24)30(2)13-18-27-12-17(29-18)15-7-4-3-5-8-15;/h3-10,12H,11,13-14H2,1-2H3,(H,25,28)(H,27,29);1H. The summed E-state index contributed by atoms with van der Waals surface area (Å²) in [5.41, 5.74) is 2.44. The first-order valence-electron chi connectivity index (χ1n) is 9.50. The Kier molecular flexibility index (Phi) is 9.29. The molecule has 0 bridgehead atoms. The van der Waals surface area contributed by atoms with Gasteiger partial charge in [0.25, 0.3) is 0 Å². The number of alkyl halides is 3. The van der Waals surface area contributed by atoms with Crippen LogP contribution < -0.4 is 10.1 Å². The van der Waals surface area contributed by atoms with Gasteiger partial charge in [-0.05, 0) is 11.6 Å². The molecule has 0 aliphatic heterocycles. The predicted molar refractivity (Wildman–Crippen MR) is 127 cm³/mol. The van der Waals surface area contributed by atoms with Crippen LogP contribution in [0.5, 0.6) is 5.88 Å². The number of pyridine rings is 1. The number of halogens is 4. The van der Waals surface area contributed by atoms with Gasteiger partial charge in [-0.2, -0.15) is 13.2 Å². The zero-order chi connectivity index (χ0) is 22.3. The van der Waals surface area contributed by atoms with E-state index in [0.717, 1.165) is 17.1 Å². The molecule has 0 saturated carbocycles. The maximum Gasteiger partial charge on any atom is 0.422 e. The fourth-order valence-electron chi connectivity index (χ4n) is 2.90. The van der Waals surface area contributed by atoms with E-state index in [1.54, 1.807) is 25.4 Å². The number of guanidine groups is 1. The molecule has 2 N–H and O–H groups in total. The van der Waals surface area contributed by atoms with Crippen LogP contribution in [0, 0.1) is 0 Å². The van der Waals surface area contributed by atoms with Gasteiger partial charge in [-0.1, -0.05) is 36.4 Å². The van der Waals surface area contributed by atoms with Crippen molar-refractivity contribution in [2.75, 3.05) is 20.7 Å². The normalized spacial score (nSPS) is 11.6. The van der Waals surface area contributed by atoms with Crippen molar-refractivity contribution in [2.45, 2.75) is 19.3 Å². The highest BCUT2D eigenvalue weighted by Crippen LogP contribution is 2.20. The Labute approximate surface area is 201 Å². The fourth-order valence-corrected chi connectivity index (χ4v) is 2.90.